The lowest BCUT2D eigenvalue weighted by molar-refractivity contribution is 0.276. The molecule has 3 nitrogen and oxygen atoms in total. The summed E-state index contributed by atoms with van der Waals surface area (Å²) in [4.78, 5) is 0. The Morgan fingerprint density at radius 1 is 1.06 bits per heavy atom. The monoisotopic (exact) mass is 230 g/mol. The summed E-state index contributed by atoms with van der Waals surface area (Å²) in [5.41, 5.74) is 7.90. The summed E-state index contributed by atoms with van der Waals surface area (Å²) in [5.74, 6) is 0. The summed E-state index contributed by atoms with van der Waals surface area (Å²) in [6.07, 6.45) is 0. The second-order valence-electron chi connectivity index (χ2n) is 4.57. The highest BCUT2D eigenvalue weighted by molar-refractivity contribution is 5.70. The Bertz CT molecular complexity index is 529. The van der Waals surface area contributed by atoms with Gasteiger partial charge in [0.15, 0.2) is 0 Å². The Balaban J connectivity index is 2.65. The lowest BCUT2D eigenvalue weighted by Crippen LogP contribution is -1.95. The van der Waals surface area contributed by atoms with Gasteiger partial charge in [0, 0.05) is 5.56 Å². The normalized spacial score (nSPS) is 10.9. The van der Waals surface area contributed by atoms with Crippen molar-refractivity contribution in [2.24, 2.45) is 0 Å². The van der Waals surface area contributed by atoms with Crippen LogP contribution in [0, 0.1) is 27.7 Å². The Morgan fingerprint density at radius 2 is 1.65 bits per heavy atom. The van der Waals surface area contributed by atoms with Crippen molar-refractivity contribution < 1.29 is 5.11 Å². The smallest absolute Gasteiger partial charge is 0.0929 e. The van der Waals surface area contributed by atoms with E-state index in [2.05, 4.69) is 44.0 Å². The van der Waals surface area contributed by atoms with Crippen LogP contribution in [0.4, 0.5) is 0 Å². The molecular weight excluding hydrogens is 212 g/mol. The summed E-state index contributed by atoms with van der Waals surface area (Å²) in [6.45, 7) is 8.46. The molecule has 2 rings (SSSR count). The molecule has 0 unspecified atom stereocenters. The van der Waals surface area contributed by atoms with Gasteiger partial charge in [0.1, 0.15) is 0 Å². The first-order chi connectivity index (χ1) is 8.04. The van der Waals surface area contributed by atoms with E-state index in [0.717, 1.165) is 11.4 Å². The number of aryl methyl sites for hydroxylation is 2. The minimum atomic E-state index is -0.00407. The van der Waals surface area contributed by atoms with E-state index in [-0.39, 0.29) is 6.61 Å². The third kappa shape index (κ3) is 1.98. The second kappa shape index (κ2) is 4.34. The van der Waals surface area contributed by atoms with Gasteiger partial charge in [0.05, 0.1) is 18.0 Å². The number of aromatic nitrogens is 2. The van der Waals surface area contributed by atoms with Crippen molar-refractivity contribution >= 4 is 0 Å². The molecule has 3 heteroatoms. The third-order valence-electron chi connectivity index (χ3n) is 3.42. The molecule has 0 atom stereocenters. The first kappa shape index (κ1) is 11.9. The molecular formula is C14H18N2O. The highest BCUT2D eigenvalue weighted by Gasteiger charge is 2.13. The topological polar surface area (TPSA) is 48.9 Å². The highest BCUT2D eigenvalue weighted by Crippen LogP contribution is 2.30. The SMILES string of the molecule is Cc1cc(C)c(C)c(-c2cc(CO)[nH]n2)c1C. The summed E-state index contributed by atoms with van der Waals surface area (Å²) < 4.78 is 0. The molecule has 0 saturated carbocycles. The van der Waals surface area contributed by atoms with Crippen LogP contribution in [0.25, 0.3) is 11.3 Å². The fourth-order valence-electron chi connectivity index (χ4n) is 2.17. The summed E-state index contributed by atoms with van der Waals surface area (Å²) in [7, 11) is 0. The Hall–Kier alpha value is -1.61. The van der Waals surface area contributed by atoms with Crippen LogP contribution in [0.2, 0.25) is 0 Å². The molecule has 1 heterocycles. The first-order valence-corrected chi connectivity index (χ1v) is 5.77. The van der Waals surface area contributed by atoms with Gasteiger partial charge in [-0.1, -0.05) is 6.07 Å². The molecule has 2 aromatic rings. The molecule has 0 bridgehead atoms. The van der Waals surface area contributed by atoms with E-state index in [1.54, 1.807) is 0 Å². The van der Waals surface area contributed by atoms with Crippen LogP contribution in [0.5, 0.6) is 0 Å². The van der Waals surface area contributed by atoms with Crippen molar-refractivity contribution in [3.63, 3.8) is 0 Å². The van der Waals surface area contributed by atoms with Crippen LogP contribution in [0.1, 0.15) is 27.9 Å². The molecule has 0 saturated heterocycles. The predicted octanol–water partition coefficient (Wildman–Crippen LogP) is 2.80. The zero-order valence-electron chi connectivity index (χ0n) is 10.8. The highest BCUT2D eigenvalue weighted by atomic mass is 16.3. The van der Waals surface area contributed by atoms with E-state index in [1.807, 2.05) is 6.07 Å². The van der Waals surface area contributed by atoms with Crippen LogP contribution in [0.15, 0.2) is 12.1 Å². The van der Waals surface area contributed by atoms with E-state index in [0.29, 0.717) is 0 Å². The standard InChI is InChI=1S/C14H18N2O/c1-8-5-9(2)11(4)14(10(8)3)13-6-12(7-17)15-16-13/h5-6,17H,7H2,1-4H3,(H,15,16). The second-order valence-corrected chi connectivity index (χ2v) is 4.57. The zero-order valence-corrected chi connectivity index (χ0v) is 10.8. The molecule has 0 aliphatic carbocycles. The lowest BCUT2D eigenvalue weighted by Gasteiger charge is -2.13. The van der Waals surface area contributed by atoms with Crippen LogP contribution < -0.4 is 0 Å². The van der Waals surface area contributed by atoms with Crippen LogP contribution in [-0.4, -0.2) is 15.3 Å². The van der Waals surface area contributed by atoms with Gasteiger partial charge < -0.3 is 5.11 Å². The van der Waals surface area contributed by atoms with Crippen molar-refractivity contribution in [2.45, 2.75) is 34.3 Å². The molecule has 0 spiro atoms. The van der Waals surface area contributed by atoms with E-state index in [4.69, 9.17) is 5.11 Å². The van der Waals surface area contributed by atoms with E-state index in [1.165, 1.54) is 27.8 Å². The Kier molecular flexibility index (Phi) is 3.03. The molecule has 0 aliphatic rings. The largest absolute Gasteiger partial charge is 0.390 e. The lowest BCUT2D eigenvalue weighted by atomic mass is 9.92. The minimum Gasteiger partial charge on any atom is -0.390 e. The predicted molar refractivity (Wildman–Crippen MR) is 68.9 cm³/mol. The van der Waals surface area contributed by atoms with Gasteiger partial charge in [-0.25, -0.2) is 0 Å². The van der Waals surface area contributed by atoms with Crippen molar-refractivity contribution in [3.05, 3.63) is 40.1 Å². The van der Waals surface area contributed by atoms with E-state index in [9.17, 15) is 0 Å². The first-order valence-electron chi connectivity index (χ1n) is 5.77. The Labute approximate surface area is 102 Å². The minimum absolute atomic E-state index is 0.00407. The molecule has 0 fully saturated rings. The van der Waals surface area contributed by atoms with Gasteiger partial charge in [-0.3, -0.25) is 5.10 Å². The van der Waals surface area contributed by atoms with Crippen molar-refractivity contribution in [1.29, 1.82) is 0 Å². The maximum atomic E-state index is 9.07. The number of benzene rings is 1. The maximum Gasteiger partial charge on any atom is 0.0929 e. The number of H-pyrrole nitrogens is 1. The van der Waals surface area contributed by atoms with Gasteiger partial charge >= 0.3 is 0 Å². The van der Waals surface area contributed by atoms with Crippen LogP contribution in [-0.2, 0) is 6.61 Å². The average Bonchev–Trinajstić information content (AvgIpc) is 2.75. The fraction of sp³-hybridized carbons (Fsp3) is 0.357. The number of aromatic amines is 1. The molecule has 2 N–H and O–H groups in total. The molecule has 1 aromatic carbocycles. The molecule has 17 heavy (non-hydrogen) atoms. The molecule has 90 valence electrons. The van der Waals surface area contributed by atoms with Gasteiger partial charge in [0.25, 0.3) is 0 Å². The number of hydrogen-bond donors (Lipinski definition) is 2. The average molecular weight is 230 g/mol. The fourth-order valence-corrected chi connectivity index (χ4v) is 2.17. The van der Waals surface area contributed by atoms with Gasteiger partial charge in [-0.2, -0.15) is 5.10 Å². The molecule has 1 aromatic heterocycles. The number of aliphatic hydroxyl groups excluding tert-OH is 1. The Morgan fingerprint density at radius 3 is 2.12 bits per heavy atom. The van der Waals surface area contributed by atoms with Crippen molar-refractivity contribution in [3.8, 4) is 11.3 Å². The van der Waals surface area contributed by atoms with Crippen molar-refractivity contribution in [1.82, 2.24) is 10.2 Å². The molecule has 0 aliphatic heterocycles. The molecule has 0 radical (unpaired) electrons. The van der Waals surface area contributed by atoms with E-state index >= 15 is 0 Å². The van der Waals surface area contributed by atoms with Gasteiger partial charge in [-0.15, -0.1) is 0 Å². The van der Waals surface area contributed by atoms with Crippen LogP contribution in [0.3, 0.4) is 0 Å². The van der Waals surface area contributed by atoms with E-state index < -0.39 is 0 Å². The quantitative estimate of drug-likeness (QED) is 0.833. The third-order valence-corrected chi connectivity index (χ3v) is 3.42. The number of hydrogen-bond acceptors (Lipinski definition) is 2. The van der Waals surface area contributed by atoms with Gasteiger partial charge in [0.2, 0.25) is 0 Å². The number of nitrogens with one attached hydrogen (secondary N) is 1. The summed E-state index contributed by atoms with van der Waals surface area (Å²) in [6, 6.07) is 4.11. The summed E-state index contributed by atoms with van der Waals surface area (Å²) in [5, 5.41) is 16.2. The van der Waals surface area contributed by atoms with Crippen molar-refractivity contribution in [2.75, 3.05) is 0 Å². The molecule has 0 amide bonds. The summed E-state index contributed by atoms with van der Waals surface area (Å²) >= 11 is 0. The zero-order chi connectivity index (χ0) is 12.6. The number of aliphatic hydroxyl groups is 1. The number of nitrogens with zero attached hydrogens (tertiary/aromatic N) is 1. The van der Waals surface area contributed by atoms with Crippen LogP contribution >= 0.6 is 0 Å². The maximum absolute atomic E-state index is 9.07. The van der Waals surface area contributed by atoms with Gasteiger partial charge in [-0.05, 0) is 56.0 Å². The number of rotatable bonds is 2.